The van der Waals surface area contributed by atoms with E-state index in [1.807, 2.05) is 0 Å². The molecule has 1 heterocycles. The van der Waals surface area contributed by atoms with Crippen LogP contribution in [0, 0.1) is 35.5 Å². The summed E-state index contributed by atoms with van der Waals surface area (Å²) in [7, 11) is 0. The van der Waals surface area contributed by atoms with Crippen LogP contribution >= 0.6 is 0 Å². The lowest BCUT2D eigenvalue weighted by molar-refractivity contribution is -0.738. The molecular weight excluding hydrogens is 280 g/mol. The maximum Gasteiger partial charge on any atom is 0.244 e. The summed E-state index contributed by atoms with van der Waals surface area (Å²) in [5.41, 5.74) is 0. The van der Waals surface area contributed by atoms with E-state index < -0.39 is 0 Å². The van der Waals surface area contributed by atoms with Crippen molar-refractivity contribution < 1.29 is 4.57 Å². The third-order valence-corrected chi connectivity index (χ3v) is 6.79. The van der Waals surface area contributed by atoms with E-state index in [1.54, 1.807) is 0 Å². The van der Waals surface area contributed by atoms with Crippen molar-refractivity contribution >= 4 is 0 Å². The Labute approximate surface area is 143 Å². The molecule has 2 aliphatic carbocycles. The van der Waals surface area contributed by atoms with Crippen molar-refractivity contribution in [3.63, 3.8) is 0 Å². The highest BCUT2D eigenvalue weighted by atomic mass is 15.2. The van der Waals surface area contributed by atoms with Crippen LogP contribution in [-0.4, -0.2) is 4.57 Å². The molecule has 130 valence electrons. The number of hydrogen-bond donors (Lipinski definition) is 0. The van der Waals surface area contributed by atoms with E-state index in [0.717, 1.165) is 35.5 Å². The van der Waals surface area contributed by atoms with Gasteiger partial charge in [-0.3, -0.25) is 0 Å². The van der Waals surface area contributed by atoms with Gasteiger partial charge in [-0.25, -0.2) is 9.13 Å². The van der Waals surface area contributed by atoms with E-state index in [9.17, 15) is 0 Å². The van der Waals surface area contributed by atoms with Gasteiger partial charge in [-0.1, -0.05) is 41.5 Å². The van der Waals surface area contributed by atoms with Gasteiger partial charge in [0, 0.05) is 0 Å². The van der Waals surface area contributed by atoms with E-state index >= 15 is 0 Å². The second kappa shape index (κ2) is 6.61. The molecule has 0 aliphatic heterocycles. The van der Waals surface area contributed by atoms with Crippen LogP contribution in [0.2, 0.25) is 0 Å². The van der Waals surface area contributed by atoms with Gasteiger partial charge in [0.05, 0.1) is 0 Å². The molecule has 0 radical (unpaired) electrons. The largest absolute Gasteiger partial charge is 0.244 e. The molecule has 0 spiro atoms. The number of rotatable bonds is 2. The molecule has 0 saturated heterocycles. The Balaban J connectivity index is 1.80. The molecule has 23 heavy (non-hydrogen) atoms. The molecule has 2 saturated carbocycles. The molecule has 3 rings (SSSR count). The van der Waals surface area contributed by atoms with Crippen LogP contribution in [0.15, 0.2) is 18.7 Å². The summed E-state index contributed by atoms with van der Waals surface area (Å²) in [6.45, 7) is 14.7. The fourth-order valence-electron chi connectivity index (χ4n) is 6.32. The smallest absolute Gasteiger partial charge is 0.234 e. The summed E-state index contributed by atoms with van der Waals surface area (Å²) in [5.74, 6) is 4.93. The van der Waals surface area contributed by atoms with Gasteiger partial charge in [0.1, 0.15) is 24.5 Å². The van der Waals surface area contributed by atoms with Crippen LogP contribution < -0.4 is 4.57 Å². The molecule has 0 amide bonds. The van der Waals surface area contributed by atoms with E-state index in [-0.39, 0.29) is 0 Å². The minimum absolute atomic E-state index is 0.681. The maximum atomic E-state index is 2.54. The van der Waals surface area contributed by atoms with Gasteiger partial charge in [0.2, 0.25) is 6.33 Å². The molecule has 2 aliphatic rings. The van der Waals surface area contributed by atoms with Gasteiger partial charge in [-0.05, 0) is 61.2 Å². The highest BCUT2D eigenvalue weighted by Crippen LogP contribution is 2.41. The maximum absolute atomic E-state index is 2.54. The lowest BCUT2D eigenvalue weighted by atomic mass is 9.73. The molecule has 0 N–H and O–H groups in total. The quantitative estimate of drug-likeness (QED) is 0.658. The van der Waals surface area contributed by atoms with Gasteiger partial charge in [0.25, 0.3) is 0 Å². The monoisotopic (exact) mass is 317 g/mol. The van der Waals surface area contributed by atoms with Crippen molar-refractivity contribution in [2.45, 2.75) is 79.3 Å². The van der Waals surface area contributed by atoms with Crippen molar-refractivity contribution in [2.24, 2.45) is 35.5 Å². The van der Waals surface area contributed by atoms with Crippen molar-refractivity contribution in [3.8, 4) is 0 Å². The van der Waals surface area contributed by atoms with Crippen molar-refractivity contribution in [1.82, 2.24) is 4.57 Å². The summed E-state index contributed by atoms with van der Waals surface area (Å²) >= 11 is 0. The molecular formula is C21H37N2+. The lowest BCUT2D eigenvalue weighted by Gasteiger charge is -2.36. The first-order chi connectivity index (χ1) is 10.9. The molecule has 4 atom stereocenters. The zero-order valence-electron chi connectivity index (χ0n) is 16.1. The molecule has 0 aromatic carbocycles. The van der Waals surface area contributed by atoms with Crippen molar-refractivity contribution in [3.05, 3.63) is 18.7 Å². The zero-order chi connectivity index (χ0) is 16.7. The second-order valence-electron chi connectivity index (χ2n) is 9.35. The minimum Gasteiger partial charge on any atom is -0.234 e. The average molecular weight is 318 g/mol. The van der Waals surface area contributed by atoms with Crippen LogP contribution in [-0.2, 0) is 0 Å². The lowest BCUT2D eigenvalue weighted by Crippen LogP contribution is -2.48. The number of aromatic nitrogens is 2. The molecule has 0 bridgehead atoms. The van der Waals surface area contributed by atoms with E-state index in [2.05, 4.69) is 69.4 Å². The number of nitrogens with zero attached hydrogens (tertiary/aromatic N) is 2. The van der Waals surface area contributed by atoms with E-state index in [1.165, 1.54) is 25.7 Å². The third kappa shape index (κ3) is 3.37. The number of hydrogen-bond acceptors (Lipinski definition) is 0. The summed E-state index contributed by atoms with van der Waals surface area (Å²) in [6.07, 6.45) is 12.6. The molecule has 4 unspecified atom stereocenters. The van der Waals surface area contributed by atoms with Gasteiger partial charge >= 0.3 is 0 Å². The molecule has 2 heteroatoms. The van der Waals surface area contributed by atoms with Crippen LogP contribution in [0.25, 0.3) is 0 Å². The van der Waals surface area contributed by atoms with Gasteiger partial charge in [-0.15, -0.1) is 0 Å². The third-order valence-electron chi connectivity index (χ3n) is 6.79. The van der Waals surface area contributed by atoms with Crippen molar-refractivity contribution in [1.29, 1.82) is 0 Å². The standard InChI is InChI=1S/C21H37N2/c1-14-9-16(3)20(17(4)10-14)22-7-8-23(13-22)21-18(5)11-15(2)12-19(21)6/h7-8,13-21H,9-12H2,1-6H3/q+1. The molecule has 2 nitrogen and oxygen atoms in total. The number of imidazole rings is 1. The normalized spacial score (nSPS) is 45.1. The molecule has 1 aromatic heterocycles. The first kappa shape index (κ1) is 17.0. The van der Waals surface area contributed by atoms with Crippen LogP contribution in [0.3, 0.4) is 0 Å². The Morgan fingerprint density at radius 3 is 1.74 bits per heavy atom. The van der Waals surface area contributed by atoms with Gasteiger partial charge in [-0.2, -0.15) is 0 Å². The first-order valence-corrected chi connectivity index (χ1v) is 9.95. The zero-order valence-corrected chi connectivity index (χ0v) is 16.1. The Kier molecular flexibility index (Phi) is 4.90. The highest BCUT2D eigenvalue weighted by Gasteiger charge is 2.38. The van der Waals surface area contributed by atoms with Gasteiger partial charge < -0.3 is 0 Å². The average Bonchev–Trinajstić information content (AvgIpc) is 2.85. The summed E-state index contributed by atoms with van der Waals surface area (Å²) < 4.78 is 5.08. The van der Waals surface area contributed by atoms with Crippen LogP contribution in [0.5, 0.6) is 0 Å². The van der Waals surface area contributed by atoms with E-state index in [4.69, 9.17) is 0 Å². The predicted octanol–water partition coefficient (Wildman–Crippen LogP) is 5.26. The summed E-state index contributed by atoms with van der Waals surface area (Å²) in [6, 6.07) is 1.36. The summed E-state index contributed by atoms with van der Waals surface area (Å²) in [5, 5.41) is 0. The highest BCUT2D eigenvalue weighted by molar-refractivity contribution is 4.88. The Morgan fingerprint density at radius 1 is 0.739 bits per heavy atom. The first-order valence-electron chi connectivity index (χ1n) is 9.95. The van der Waals surface area contributed by atoms with Crippen molar-refractivity contribution in [2.75, 3.05) is 0 Å². The molecule has 2 fully saturated rings. The predicted molar refractivity (Wildman–Crippen MR) is 96.2 cm³/mol. The molecule has 1 aromatic rings. The van der Waals surface area contributed by atoms with Gasteiger partial charge in [0.15, 0.2) is 0 Å². The Bertz CT molecular complexity index is 451. The fraction of sp³-hybridized carbons (Fsp3) is 0.857. The Morgan fingerprint density at radius 2 is 1.22 bits per heavy atom. The van der Waals surface area contributed by atoms with Crippen LogP contribution in [0.1, 0.15) is 79.3 Å². The summed E-state index contributed by atoms with van der Waals surface area (Å²) in [4.78, 5) is 0. The Hall–Kier alpha value is -0.790. The second-order valence-corrected chi connectivity index (χ2v) is 9.35. The van der Waals surface area contributed by atoms with Crippen LogP contribution in [0.4, 0.5) is 0 Å². The SMILES string of the molecule is CC1CC(C)C(n2cc[n+](C3C(C)CC(C)CC3C)c2)C(C)C1. The topological polar surface area (TPSA) is 8.81 Å². The fourth-order valence-corrected chi connectivity index (χ4v) is 6.32. The minimum atomic E-state index is 0.681. The van der Waals surface area contributed by atoms with E-state index in [0.29, 0.717) is 12.1 Å².